The molecule has 0 unspecified atom stereocenters. The van der Waals surface area contributed by atoms with Crippen molar-refractivity contribution < 1.29 is 0 Å². The molecule has 29 heavy (non-hydrogen) atoms. The molecule has 0 saturated carbocycles. The van der Waals surface area contributed by atoms with Crippen LogP contribution in [0.5, 0.6) is 0 Å². The minimum atomic E-state index is -2.16. The van der Waals surface area contributed by atoms with Gasteiger partial charge >= 0.3 is 168 Å². The monoisotopic (exact) mass is 460 g/mol. The molecule has 4 aromatic rings. The average Bonchev–Trinajstić information content (AvgIpc) is 2.79. The van der Waals surface area contributed by atoms with Crippen LogP contribution in [-0.2, 0) is 0 Å². The predicted octanol–water partition coefficient (Wildman–Crippen LogP) is 6.00. The Morgan fingerprint density at radius 3 is 1.21 bits per heavy atom. The maximum atomic E-state index is 2.37. The summed E-state index contributed by atoms with van der Waals surface area (Å²) in [6.45, 7) is 0. The number of allylic oxidation sites excluding steroid dienone is 1. The van der Waals surface area contributed by atoms with Gasteiger partial charge in [0.15, 0.2) is 0 Å². The number of halogens is 1. The maximum absolute atomic E-state index is 2.37. The molecular weight excluding hydrogens is 435 g/mol. The Morgan fingerprint density at radius 1 is 0.483 bits per heavy atom. The van der Waals surface area contributed by atoms with Crippen molar-refractivity contribution in [3.05, 3.63) is 133 Å². The second-order valence-corrected chi connectivity index (χ2v) is 11.0. The SMILES string of the molecule is Br.C(=Cc1ccccc1)C[PH](c1ccccc1)(c1ccccc1)c1ccccc1. The van der Waals surface area contributed by atoms with E-state index >= 15 is 0 Å². The van der Waals surface area contributed by atoms with Crippen LogP contribution in [0.15, 0.2) is 127 Å². The Labute approximate surface area is 185 Å². The van der Waals surface area contributed by atoms with Gasteiger partial charge in [-0.25, -0.2) is 0 Å². The van der Waals surface area contributed by atoms with Crippen LogP contribution < -0.4 is 15.9 Å². The van der Waals surface area contributed by atoms with E-state index in [1.165, 1.54) is 21.5 Å². The van der Waals surface area contributed by atoms with Crippen LogP contribution >= 0.6 is 24.2 Å². The second kappa shape index (κ2) is 10.3. The Hall–Kier alpha value is -2.47. The molecule has 0 aromatic heterocycles. The second-order valence-electron chi connectivity index (χ2n) is 7.02. The first-order chi connectivity index (χ1) is 13.9. The van der Waals surface area contributed by atoms with Crippen LogP contribution in [0.3, 0.4) is 0 Å². The fourth-order valence-electron chi connectivity index (χ4n) is 3.96. The van der Waals surface area contributed by atoms with Crippen LogP contribution in [0.4, 0.5) is 0 Å². The normalized spacial score (nSPS) is 11.7. The van der Waals surface area contributed by atoms with Gasteiger partial charge in [0, 0.05) is 0 Å². The molecule has 2 heteroatoms. The fraction of sp³-hybridized carbons (Fsp3) is 0.0370. The van der Waals surface area contributed by atoms with E-state index in [0.29, 0.717) is 0 Å². The van der Waals surface area contributed by atoms with Crippen molar-refractivity contribution in [2.75, 3.05) is 6.16 Å². The molecule has 4 aromatic carbocycles. The first kappa shape index (κ1) is 21.2. The third-order valence-corrected chi connectivity index (χ3v) is 10.1. The quantitative estimate of drug-likeness (QED) is 0.309. The van der Waals surface area contributed by atoms with E-state index in [0.717, 1.165) is 6.16 Å². The number of rotatable bonds is 6. The first-order valence-electron chi connectivity index (χ1n) is 9.78. The van der Waals surface area contributed by atoms with Crippen molar-refractivity contribution in [1.29, 1.82) is 0 Å². The Morgan fingerprint density at radius 2 is 0.828 bits per heavy atom. The summed E-state index contributed by atoms with van der Waals surface area (Å²) in [7, 11) is -2.16. The molecule has 0 nitrogen and oxygen atoms in total. The molecule has 0 fully saturated rings. The molecule has 0 bridgehead atoms. The number of hydrogen-bond donors (Lipinski definition) is 0. The van der Waals surface area contributed by atoms with Crippen LogP contribution in [0.2, 0.25) is 0 Å². The summed E-state index contributed by atoms with van der Waals surface area (Å²) in [6, 6.07) is 43.8. The van der Waals surface area contributed by atoms with Gasteiger partial charge < -0.3 is 0 Å². The minimum absolute atomic E-state index is 0. The van der Waals surface area contributed by atoms with E-state index < -0.39 is 7.26 Å². The van der Waals surface area contributed by atoms with Gasteiger partial charge in [0.05, 0.1) is 0 Å². The summed E-state index contributed by atoms with van der Waals surface area (Å²) in [4.78, 5) is 0. The van der Waals surface area contributed by atoms with Crippen molar-refractivity contribution in [3.63, 3.8) is 0 Å². The van der Waals surface area contributed by atoms with Crippen LogP contribution in [0, 0.1) is 0 Å². The van der Waals surface area contributed by atoms with Crippen molar-refractivity contribution in [2.24, 2.45) is 0 Å². The first-order valence-corrected chi connectivity index (χ1v) is 12.0. The van der Waals surface area contributed by atoms with Gasteiger partial charge in [-0.3, -0.25) is 0 Å². The van der Waals surface area contributed by atoms with Crippen molar-refractivity contribution in [1.82, 2.24) is 0 Å². The summed E-state index contributed by atoms with van der Waals surface area (Å²) in [5.74, 6) is 0. The van der Waals surface area contributed by atoms with Crippen LogP contribution in [0.25, 0.3) is 6.08 Å². The molecule has 4 rings (SSSR count). The van der Waals surface area contributed by atoms with E-state index in [1.807, 2.05) is 0 Å². The van der Waals surface area contributed by atoms with E-state index in [-0.39, 0.29) is 17.0 Å². The molecule has 0 atom stereocenters. The van der Waals surface area contributed by atoms with Crippen LogP contribution in [-0.4, -0.2) is 6.16 Å². The van der Waals surface area contributed by atoms with Crippen molar-refractivity contribution >= 4 is 46.2 Å². The van der Waals surface area contributed by atoms with E-state index in [9.17, 15) is 0 Å². The Balaban J connectivity index is 0.00000240. The van der Waals surface area contributed by atoms with Gasteiger partial charge in [-0.1, -0.05) is 0 Å². The predicted molar refractivity (Wildman–Crippen MR) is 137 cm³/mol. The summed E-state index contributed by atoms with van der Waals surface area (Å²) >= 11 is 0. The van der Waals surface area contributed by atoms with E-state index in [2.05, 4.69) is 133 Å². The molecule has 0 heterocycles. The van der Waals surface area contributed by atoms with E-state index in [4.69, 9.17) is 0 Å². The fourth-order valence-corrected chi connectivity index (χ4v) is 8.42. The van der Waals surface area contributed by atoms with Gasteiger partial charge in [0.2, 0.25) is 0 Å². The molecule has 0 aliphatic rings. The number of benzene rings is 4. The van der Waals surface area contributed by atoms with Gasteiger partial charge in [-0.05, 0) is 0 Å². The molecule has 0 spiro atoms. The van der Waals surface area contributed by atoms with E-state index in [1.54, 1.807) is 0 Å². The summed E-state index contributed by atoms with van der Waals surface area (Å²) < 4.78 is 0. The van der Waals surface area contributed by atoms with Gasteiger partial charge in [-0.2, -0.15) is 0 Å². The molecule has 0 saturated heterocycles. The summed E-state index contributed by atoms with van der Waals surface area (Å²) in [6.07, 6.45) is 5.66. The molecular formula is C27H26BrP. The van der Waals surface area contributed by atoms with Gasteiger partial charge in [0.25, 0.3) is 0 Å². The topological polar surface area (TPSA) is 0 Å². The molecule has 0 amide bonds. The zero-order valence-corrected chi connectivity index (χ0v) is 19.0. The summed E-state index contributed by atoms with van der Waals surface area (Å²) in [5, 5.41) is 4.35. The van der Waals surface area contributed by atoms with Crippen molar-refractivity contribution in [3.8, 4) is 0 Å². The molecule has 0 aliphatic carbocycles. The number of hydrogen-bond acceptors (Lipinski definition) is 0. The zero-order chi connectivity index (χ0) is 19.1. The third-order valence-electron chi connectivity index (χ3n) is 5.33. The summed E-state index contributed by atoms with van der Waals surface area (Å²) in [5.41, 5.74) is 1.25. The van der Waals surface area contributed by atoms with Gasteiger partial charge in [0.1, 0.15) is 0 Å². The molecule has 0 radical (unpaired) electrons. The standard InChI is InChI=1S/C27H25P.BrH/c1-5-14-24(15-6-1)16-13-23-28(25-17-7-2-8-18-25,26-19-9-3-10-20-26)27-21-11-4-12-22-27;/h1-22,28H,23H2;1H. The van der Waals surface area contributed by atoms with Crippen LogP contribution in [0.1, 0.15) is 5.56 Å². The molecule has 0 aliphatic heterocycles. The average molecular weight is 461 g/mol. The zero-order valence-electron chi connectivity index (χ0n) is 16.3. The van der Waals surface area contributed by atoms with Crippen molar-refractivity contribution in [2.45, 2.75) is 0 Å². The molecule has 146 valence electrons. The Bertz CT molecular complexity index is 916. The third kappa shape index (κ3) is 4.75. The van der Waals surface area contributed by atoms with Gasteiger partial charge in [-0.15, -0.1) is 17.0 Å². The Kier molecular flexibility index (Phi) is 7.58. The molecule has 0 N–H and O–H groups in total.